The van der Waals surface area contributed by atoms with E-state index in [1.54, 1.807) is 13.2 Å². The zero-order valence-electron chi connectivity index (χ0n) is 9.80. The lowest BCUT2D eigenvalue weighted by Crippen LogP contribution is -2.22. The molecule has 1 atom stereocenters. The van der Waals surface area contributed by atoms with Gasteiger partial charge in [-0.25, -0.2) is 9.79 Å². The monoisotopic (exact) mass is 220 g/mol. The minimum atomic E-state index is 0.0662. The molecule has 0 radical (unpaired) electrons. The van der Waals surface area contributed by atoms with Gasteiger partial charge in [0.25, 0.3) is 0 Å². The van der Waals surface area contributed by atoms with Crippen molar-refractivity contribution < 1.29 is 9.53 Å². The Bertz CT molecular complexity index is 384. The Morgan fingerprint density at radius 3 is 2.81 bits per heavy atom. The summed E-state index contributed by atoms with van der Waals surface area (Å²) in [5.41, 5.74) is 1.07. The fraction of sp³-hybridized carbons (Fsp3) is 0.417. The van der Waals surface area contributed by atoms with E-state index in [-0.39, 0.29) is 6.04 Å². The summed E-state index contributed by atoms with van der Waals surface area (Å²) in [4.78, 5) is 15.8. The highest BCUT2D eigenvalue weighted by molar-refractivity contribution is 5.34. The van der Waals surface area contributed by atoms with Crippen LogP contribution in [0.25, 0.3) is 0 Å². The van der Waals surface area contributed by atoms with E-state index in [0.29, 0.717) is 6.54 Å². The van der Waals surface area contributed by atoms with Crippen LogP contribution in [0.1, 0.15) is 11.6 Å². The number of isocyanates is 1. The Hall–Kier alpha value is -1.64. The third kappa shape index (κ3) is 3.19. The predicted octanol–water partition coefficient (Wildman–Crippen LogP) is 1.63. The van der Waals surface area contributed by atoms with Crippen molar-refractivity contribution in [2.75, 3.05) is 27.7 Å². The van der Waals surface area contributed by atoms with Gasteiger partial charge in [-0.3, -0.25) is 0 Å². The molecule has 0 aromatic heterocycles. The van der Waals surface area contributed by atoms with Gasteiger partial charge in [-0.1, -0.05) is 12.1 Å². The van der Waals surface area contributed by atoms with Gasteiger partial charge in [-0.15, -0.1) is 0 Å². The van der Waals surface area contributed by atoms with E-state index in [2.05, 4.69) is 4.99 Å². The van der Waals surface area contributed by atoms with Gasteiger partial charge < -0.3 is 9.64 Å². The van der Waals surface area contributed by atoms with E-state index >= 15 is 0 Å². The molecule has 86 valence electrons. The highest BCUT2D eigenvalue weighted by Gasteiger charge is 2.13. The predicted molar refractivity (Wildman–Crippen MR) is 62.4 cm³/mol. The average molecular weight is 220 g/mol. The summed E-state index contributed by atoms with van der Waals surface area (Å²) in [5, 5.41) is 0. The van der Waals surface area contributed by atoms with Crippen LogP contribution in [0.2, 0.25) is 0 Å². The number of methoxy groups -OCH3 is 1. The molecule has 0 aliphatic rings. The van der Waals surface area contributed by atoms with Crippen molar-refractivity contribution in [3.63, 3.8) is 0 Å². The molecular formula is C12H16N2O2. The largest absolute Gasteiger partial charge is 0.497 e. The minimum absolute atomic E-state index is 0.0662. The van der Waals surface area contributed by atoms with E-state index in [9.17, 15) is 4.79 Å². The maximum absolute atomic E-state index is 10.2. The van der Waals surface area contributed by atoms with E-state index in [1.165, 1.54) is 0 Å². The van der Waals surface area contributed by atoms with E-state index in [1.807, 2.05) is 43.3 Å². The molecule has 0 aliphatic heterocycles. The summed E-state index contributed by atoms with van der Waals surface area (Å²) in [6, 6.07) is 7.82. The molecule has 0 spiro atoms. The normalized spacial score (nSPS) is 12.0. The zero-order chi connectivity index (χ0) is 12.0. The second-order valence-electron chi connectivity index (χ2n) is 3.69. The number of hydrogen-bond acceptors (Lipinski definition) is 4. The molecule has 0 heterocycles. The highest BCUT2D eigenvalue weighted by atomic mass is 16.5. The first-order chi connectivity index (χ1) is 7.69. The Kier molecular flexibility index (Phi) is 4.70. The van der Waals surface area contributed by atoms with Crippen molar-refractivity contribution in [1.82, 2.24) is 4.90 Å². The van der Waals surface area contributed by atoms with Crippen LogP contribution in [0.5, 0.6) is 5.75 Å². The summed E-state index contributed by atoms with van der Waals surface area (Å²) in [7, 11) is 5.53. The van der Waals surface area contributed by atoms with Crippen LogP contribution in [0.3, 0.4) is 0 Å². The van der Waals surface area contributed by atoms with Crippen LogP contribution in [0, 0.1) is 0 Å². The topological polar surface area (TPSA) is 41.9 Å². The number of benzene rings is 1. The molecule has 1 aromatic rings. The summed E-state index contributed by atoms with van der Waals surface area (Å²) in [6.07, 6.45) is 1.57. The molecule has 4 nitrogen and oxygen atoms in total. The fourth-order valence-corrected chi connectivity index (χ4v) is 1.54. The Labute approximate surface area is 95.6 Å². The van der Waals surface area contributed by atoms with Crippen molar-refractivity contribution in [2.45, 2.75) is 6.04 Å². The molecule has 1 rings (SSSR count). The molecule has 0 aliphatic carbocycles. The first-order valence-corrected chi connectivity index (χ1v) is 5.03. The first-order valence-electron chi connectivity index (χ1n) is 5.03. The lowest BCUT2D eigenvalue weighted by Gasteiger charge is -2.22. The van der Waals surface area contributed by atoms with E-state index in [0.717, 1.165) is 11.3 Å². The zero-order valence-corrected chi connectivity index (χ0v) is 9.80. The van der Waals surface area contributed by atoms with Crippen LogP contribution in [0.15, 0.2) is 29.3 Å². The quantitative estimate of drug-likeness (QED) is 0.559. The molecule has 1 aromatic carbocycles. The number of likely N-dealkylation sites (N-methyl/N-ethyl adjacent to an activating group) is 1. The Morgan fingerprint density at radius 1 is 1.50 bits per heavy atom. The van der Waals surface area contributed by atoms with E-state index in [4.69, 9.17) is 4.74 Å². The fourth-order valence-electron chi connectivity index (χ4n) is 1.54. The summed E-state index contributed by atoms with van der Waals surface area (Å²) >= 11 is 0. The Balaban J connectivity index is 2.95. The molecular weight excluding hydrogens is 204 g/mol. The highest BCUT2D eigenvalue weighted by Crippen LogP contribution is 2.22. The van der Waals surface area contributed by atoms with Crippen LogP contribution in [-0.2, 0) is 4.79 Å². The summed E-state index contributed by atoms with van der Waals surface area (Å²) in [5.74, 6) is 0.805. The van der Waals surface area contributed by atoms with Crippen LogP contribution < -0.4 is 4.74 Å². The lowest BCUT2D eigenvalue weighted by atomic mass is 10.1. The van der Waals surface area contributed by atoms with Crippen molar-refractivity contribution in [3.05, 3.63) is 29.8 Å². The molecule has 0 fully saturated rings. The van der Waals surface area contributed by atoms with Gasteiger partial charge in [0.15, 0.2) is 0 Å². The number of ether oxygens (including phenoxy) is 1. The third-order valence-electron chi connectivity index (χ3n) is 2.43. The first kappa shape index (κ1) is 12.4. The van der Waals surface area contributed by atoms with Crippen molar-refractivity contribution >= 4 is 6.08 Å². The number of carbonyl (C=O) groups excluding carboxylic acids is 1. The van der Waals surface area contributed by atoms with Crippen molar-refractivity contribution in [1.29, 1.82) is 0 Å². The van der Waals surface area contributed by atoms with Crippen LogP contribution >= 0.6 is 0 Å². The molecule has 0 amide bonds. The molecule has 0 saturated carbocycles. The minimum Gasteiger partial charge on any atom is -0.497 e. The van der Waals surface area contributed by atoms with Gasteiger partial charge in [-0.2, -0.15) is 0 Å². The van der Waals surface area contributed by atoms with Crippen LogP contribution in [-0.4, -0.2) is 38.7 Å². The van der Waals surface area contributed by atoms with Crippen molar-refractivity contribution in [2.24, 2.45) is 4.99 Å². The molecule has 0 N–H and O–H groups in total. The lowest BCUT2D eigenvalue weighted by molar-refractivity contribution is 0.305. The molecule has 1 unspecified atom stereocenters. The second kappa shape index (κ2) is 6.05. The number of hydrogen-bond donors (Lipinski definition) is 0. The third-order valence-corrected chi connectivity index (χ3v) is 2.43. The van der Waals surface area contributed by atoms with Gasteiger partial charge in [-0.05, 0) is 31.8 Å². The second-order valence-corrected chi connectivity index (χ2v) is 3.69. The molecule has 0 bridgehead atoms. The number of aliphatic imine (C=N–C) groups is 1. The SMILES string of the molecule is COc1cccc(C(CN=C=O)N(C)C)c1. The molecule has 0 saturated heterocycles. The van der Waals surface area contributed by atoms with Gasteiger partial charge in [0.05, 0.1) is 19.7 Å². The molecule has 16 heavy (non-hydrogen) atoms. The maximum atomic E-state index is 10.2. The van der Waals surface area contributed by atoms with E-state index < -0.39 is 0 Å². The standard InChI is InChI=1S/C12H16N2O2/c1-14(2)12(8-13-9-15)10-5-4-6-11(7-10)16-3/h4-7,12H,8H2,1-3H3. The maximum Gasteiger partial charge on any atom is 0.235 e. The van der Waals surface area contributed by atoms with Gasteiger partial charge in [0, 0.05) is 0 Å². The average Bonchev–Trinajstić information content (AvgIpc) is 2.29. The number of rotatable bonds is 5. The van der Waals surface area contributed by atoms with Crippen LogP contribution in [0.4, 0.5) is 0 Å². The van der Waals surface area contributed by atoms with Gasteiger partial charge >= 0.3 is 0 Å². The smallest absolute Gasteiger partial charge is 0.235 e. The molecule has 4 heteroatoms. The Morgan fingerprint density at radius 2 is 2.25 bits per heavy atom. The summed E-state index contributed by atoms with van der Waals surface area (Å²) in [6.45, 7) is 0.406. The number of nitrogens with zero attached hydrogens (tertiary/aromatic N) is 2. The van der Waals surface area contributed by atoms with Crippen molar-refractivity contribution in [3.8, 4) is 5.75 Å². The van der Waals surface area contributed by atoms with Gasteiger partial charge in [0.1, 0.15) is 5.75 Å². The van der Waals surface area contributed by atoms with Gasteiger partial charge in [0.2, 0.25) is 6.08 Å². The summed E-state index contributed by atoms with van der Waals surface area (Å²) < 4.78 is 5.16.